The van der Waals surface area contributed by atoms with Crippen molar-refractivity contribution < 1.29 is 0 Å². The Morgan fingerprint density at radius 1 is 1.33 bits per heavy atom. The second-order valence-electron chi connectivity index (χ2n) is 5.48. The van der Waals surface area contributed by atoms with E-state index in [1.807, 2.05) is 0 Å². The molecule has 1 aromatic carbocycles. The van der Waals surface area contributed by atoms with Crippen LogP contribution in [-0.4, -0.2) is 6.54 Å². The molecule has 1 atom stereocenters. The van der Waals surface area contributed by atoms with Crippen LogP contribution in [0.5, 0.6) is 0 Å². The van der Waals surface area contributed by atoms with Gasteiger partial charge in [-0.2, -0.15) is 0 Å². The van der Waals surface area contributed by atoms with E-state index in [1.54, 1.807) is 0 Å². The predicted octanol–water partition coefficient (Wildman–Crippen LogP) is 4.99. The molecule has 1 aromatic rings. The molecule has 1 nitrogen and oxygen atoms in total. The Hall–Kier alpha value is -0.340. The summed E-state index contributed by atoms with van der Waals surface area (Å²) in [6, 6.07) is 7.38. The fraction of sp³-hybridized carbons (Fsp3) is 0.625. The Balaban J connectivity index is 2.17. The molecule has 1 aliphatic carbocycles. The zero-order chi connectivity index (χ0) is 13.0. The van der Waals surface area contributed by atoms with Crippen LogP contribution in [-0.2, 0) is 0 Å². The average molecular weight is 310 g/mol. The van der Waals surface area contributed by atoms with Crippen LogP contribution in [0.15, 0.2) is 22.7 Å². The minimum Gasteiger partial charge on any atom is -0.310 e. The smallest absolute Gasteiger partial charge is 0.0349 e. The van der Waals surface area contributed by atoms with Crippen LogP contribution in [0, 0.1) is 12.8 Å². The maximum absolute atomic E-state index is 3.75. The van der Waals surface area contributed by atoms with Crippen molar-refractivity contribution in [3.05, 3.63) is 33.8 Å². The summed E-state index contributed by atoms with van der Waals surface area (Å²) in [5, 5.41) is 3.75. The third kappa shape index (κ3) is 3.36. The first-order valence-corrected chi connectivity index (χ1v) is 8.01. The highest BCUT2D eigenvalue weighted by Crippen LogP contribution is 2.36. The van der Waals surface area contributed by atoms with Crippen molar-refractivity contribution in [2.24, 2.45) is 5.92 Å². The molecular formula is C16H24BrN. The summed E-state index contributed by atoms with van der Waals surface area (Å²) >= 11 is 3.66. The van der Waals surface area contributed by atoms with Gasteiger partial charge in [0.2, 0.25) is 0 Å². The van der Waals surface area contributed by atoms with Crippen LogP contribution in [0.4, 0.5) is 0 Å². The van der Waals surface area contributed by atoms with Gasteiger partial charge in [-0.25, -0.2) is 0 Å². The Labute approximate surface area is 119 Å². The summed E-state index contributed by atoms with van der Waals surface area (Å²) in [7, 11) is 0. The summed E-state index contributed by atoms with van der Waals surface area (Å²) < 4.78 is 1.24. The van der Waals surface area contributed by atoms with Gasteiger partial charge in [0.05, 0.1) is 0 Å². The molecule has 100 valence electrons. The van der Waals surface area contributed by atoms with E-state index >= 15 is 0 Å². The van der Waals surface area contributed by atoms with Crippen molar-refractivity contribution in [1.82, 2.24) is 5.32 Å². The second kappa shape index (κ2) is 6.72. The first-order chi connectivity index (χ1) is 8.72. The highest BCUT2D eigenvalue weighted by molar-refractivity contribution is 9.10. The molecule has 0 heterocycles. The maximum atomic E-state index is 3.75. The Morgan fingerprint density at radius 2 is 2.06 bits per heavy atom. The lowest BCUT2D eigenvalue weighted by atomic mass is 9.91. The number of hydrogen-bond donors (Lipinski definition) is 1. The molecule has 0 aromatic heterocycles. The quantitative estimate of drug-likeness (QED) is 0.808. The number of halogens is 1. The van der Waals surface area contributed by atoms with Gasteiger partial charge in [-0.3, -0.25) is 0 Å². The largest absolute Gasteiger partial charge is 0.310 e. The van der Waals surface area contributed by atoms with E-state index in [2.05, 4.69) is 53.3 Å². The Bertz CT molecular complexity index is 383. The van der Waals surface area contributed by atoms with E-state index in [4.69, 9.17) is 0 Å². The highest BCUT2D eigenvalue weighted by Gasteiger charge is 2.25. The first kappa shape index (κ1) is 14.1. The molecule has 0 spiro atoms. The van der Waals surface area contributed by atoms with E-state index in [0.717, 1.165) is 12.5 Å². The standard InChI is InChI=1S/C16H24BrN/c1-3-10-18-16(13-6-4-5-7-13)14-9-8-12(2)15(17)11-14/h8-9,11,13,16,18H,3-7,10H2,1-2H3. The minimum atomic E-state index is 0.546. The van der Waals surface area contributed by atoms with Crippen molar-refractivity contribution in [2.75, 3.05) is 6.54 Å². The maximum Gasteiger partial charge on any atom is 0.0349 e. The molecule has 2 heteroatoms. The number of nitrogens with one attached hydrogen (secondary N) is 1. The van der Waals surface area contributed by atoms with Gasteiger partial charge < -0.3 is 5.32 Å². The fourth-order valence-electron chi connectivity index (χ4n) is 2.95. The summed E-state index contributed by atoms with van der Waals surface area (Å²) in [5.74, 6) is 0.825. The zero-order valence-corrected chi connectivity index (χ0v) is 13.1. The lowest BCUT2D eigenvalue weighted by molar-refractivity contribution is 0.368. The molecule has 0 aliphatic heterocycles. The van der Waals surface area contributed by atoms with Crippen LogP contribution in [0.1, 0.15) is 56.2 Å². The van der Waals surface area contributed by atoms with E-state index in [-0.39, 0.29) is 0 Å². The van der Waals surface area contributed by atoms with Gasteiger partial charge in [0.15, 0.2) is 0 Å². The second-order valence-corrected chi connectivity index (χ2v) is 6.34. The van der Waals surface area contributed by atoms with Crippen LogP contribution in [0.2, 0.25) is 0 Å². The van der Waals surface area contributed by atoms with Gasteiger partial charge in [0.1, 0.15) is 0 Å². The van der Waals surface area contributed by atoms with Crippen molar-refractivity contribution in [3.63, 3.8) is 0 Å². The lowest BCUT2D eigenvalue weighted by Gasteiger charge is -2.25. The zero-order valence-electron chi connectivity index (χ0n) is 11.5. The van der Waals surface area contributed by atoms with Crippen LogP contribution in [0.25, 0.3) is 0 Å². The number of aryl methyl sites for hydroxylation is 1. The molecule has 0 radical (unpaired) electrons. The van der Waals surface area contributed by atoms with Gasteiger partial charge in [0.25, 0.3) is 0 Å². The SMILES string of the molecule is CCCNC(c1ccc(C)c(Br)c1)C1CCCC1. The number of hydrogen-bond acceptors (Lipinski definition) is 1. The molecule has 0 saturated heterocycles. The molecular weight excluding hydrogens is 286 g/mol. The molecule has 0 bridgehead atoms. The van der Waals surface area contributed by atoms with Crippen molar-refractivity contribution >= 4 is 15.9 Å². The Kier molecular flexibility index (Phi) is 5.25. The molecule has 1 N–H and O–H groups in total. The van der Waals surface area contributed by atoms with E-state index in [0.29, 0.717) is 6.04 Å². The Morgan fingerprint density at radius 3 is 2.67 bits per heavy atom. The molecule has 18 heavy (non-hydrogen) atoms. The highest BCUT2D eigenvalue weighted by atomic mass is 79.9. The third-order valence-electron chi connectivity index (χ3n) is 4.04. The monoisotopic (exact) mass is 309 g/mol. The van der Waals surface area contributed by atoms with E-state index < -0.39 is 0 Å². The van der Waals surface area contributed by atoms with Gasteiger partial charge >= 0.3 is 0 Å². The van der Waals surface area contributed by atoms with Gasteiger partial charge in [-0.05, 0) is 55.8 Å². The molecule has 1 fully saturated rings. The summed E-state index contributed by atoms with van der Waals surface area (Å²) in [6.45, 7) is 5.51. The topological polar surface area (TPSA) is 12.0 Å². The van der Waals surface area contributed by atoms with Crippen LogP contribution < -0.4 is 5.32 Å². The normalized spacial score (nSPS) is 18.2. The van der Waals surface area contributed by atoms with Gasteiger partial charge in [-0.1, -0.05) is 47.8 Å². The van der Waals surface area contributed by atoms with E-state index in [1.165, 1.54) is 47.7 Å². The number of benzene rings is 1. The molecule has 1 saturated carbocycles. The van der Waals surface area contributed by atoms with Gasteiger partial charge in [0, 0.05) is 10.5 Å². The van der Waals surface area contributed by atoms with E-state index in [9.17, 15) is 0 Å². The van der Waals surface area contributed by atoms with Crippen molar-refractivity contribution in [2.45, 2.75) is 52.0 Å². The fourth-order valence-corrected chi connectivity index (χ4v) is 3.35. The molecule has 1 aliphatic rings. The predicted molar refractivity (Wildman–Crippen MR) is 81.9 cm³/mol. The van der Waals surface area contributed by atoms with Gasteiger partial charge in [-0.15, -0.1) is 0 Å². The summed E-state index contributed by atoms with van der Waals surface area (Å²) in [5.41, 5.74) is 2.77. The third-order valence-corrected chi connectivity index (χ3v) is 4.89. The van der Waals surface area contributed by atoms with Crippen LogP contribution >= 0.6 is 15.9 Å². The first-order valence-electron chi connectivity index (χ1n) is 7.21. The van der Waals surface area contributed by atoms with Crippen molar-refractivity contribution in [3.8, 4) is 0 Å². The molecule has 1 unspecified atom stereocenters. The number of rotatable bonds is 5. The molecule has 0 amide bonds. The lowest BCUT2D eigenvalue weighted by Crippen LogP contribution is -2.27. The molecule has 2 rings (SSSR count). The average Bonchev–Trinajstić information content (AvgIpc) is 2.88. The van der Waals surface area contributed by atoms with Crippen LogP contribution in [0.3, 0.4) is 0 Å². The summed E-state index contributed by atoms with van der Waals surface area (Å²) in [4.78, 5) is 0. The summed E-state index contributed by atoms with van der Waals surface area (Å²) in [6.07, 6.45) is 6.78. The minimum absolute atomic E-state index is 0.546. The van der Waals surface area contributed by atoms with Crippen molar-refractivity contribution in [1.29, 1.82) is 0 Å².